The van der Waals surface area contributed by atoms with Gasteiger partial charge < -0.3 is 5.32 Å². The van der Waals surface area contributed by atoms with Gasteiger partial charge >= 0.3 is 0 Å². The number of benzene rings is 2. The lowest BCUT2D eigenvalue weighted by Gasteiger charge is -2.09. The Bertz CT molecular complexity index is 643. The summed E-state index contributed by atoms with van der Waals surface area (Å²) in [5.74, 6) is -1.81. The summed E-state index contributed by atoms with van der Waals surface area (Å²) in [6.07, 6.45) is 0. The molecule has 1 N–H and O–H groups in total. The van der Waals surface area contributed by atoms with Crippen LogP contribution in [0.1, 0.15) is 15.9 Å². The Labute approximate surface area is 114 Å². The molecule has 19 heavy (non-hydrogen) atoms. The molecule has 0 aliphatic carbocycles. The first-order chi connectivity index (χ1) is 8.99. The van der Waals surface area contributed by atoms with Crippen molar-refractivity contribution in [3.8, 4) is 0 Å². The smallest absolute Gasteiger partial charge is 0.258 e. The first-order valence-corrected chi connectivity index (χ1v) is 5.88. The number of halogens is 3. The predicted molar refractivity (Wildman–Crippen MR) is 70.5 cm³/mol. The van der Waals surface area contributed by atoms with Crippen LogP contribution in [-0.2, 0) is 0 Å². The summed E-state index contributed by atoms with van der Waals surface area (Å²) in [7, 11) is 0. The lowest BCUT2D eigenvalue weighted by Crippen LogP contribution is -2.14. The number of anilines is 1. The standard InChI is InChI=1S/C14H10ClF2NO/c1-8-3-2-4-10(13(8)17)14(19)18-12-7-9(16)5-6-11(12)15/h2-7H,1H3,(H,18,19). The average Bonchev–Trinajstić information content (AvgIpc) is 2.37. The molecule has 0 saturated carbocycles. The summed E-state index contributed by atoms with van der Waals surface area (Å²) in [6, 6.07) is 8.05. The van der Waals surface area contributed by atoms with Crippen LogP contribution < -0.4 is 5.32 Å². The zero-order chi connectivity index (χ0) is 14.0. The Morgan fingerprint density at radius 1 is 1.21 bits per heavy atom. The van der Waals surface area contributed by atoms with Crippen molar-refractivity contribution >= 4 is 23.2 Å². The summed E-state index contributed by atoms with van der Waals surface area (Å²) in [5, 5.41) is 2.57. The summed E-state index contributed by atoms with van der Waals surface area (Å²) >= 11 is 5.82. The van der Waals surface area contributed by atoms with Gasteiger partial charge in [0.1, 0.15) is 11.6 Å². The Balaban J connectivity index is 2.31. The number of nitrogens with one attached hydrogen (secondary N) is 1. The monoisotopic (exact) mass is 281 g/mol. The molecule has 0 unspecified atom stereocenters. The number of aryl methyl sites for hydroxylation is 1. The molecule has 0 bridgehead atoms. The van der Waals surface area contributed by atoms with Crippen LogP contribution in [0.4, 0.5) is 14.5 Å². The molecule has 0 aliphatic rings. The SMILES string of the molecule is Cc1cccc(C(=O)Nc2cc(F)ccc2Cl)c1F. The van der Waals surface area contributed by atoms with E-state index in [-0.39, 0.29) is 16.3 Å². The topological polar surface area (TPSA) is 29.1 Å². The third-order valence-corrected chi connectivity index (χ3v) is 2.94. The zero-order valence-corrected chi connectivity index (χ0v) is 10.8. The van der Waals surface area contributed by atoms with E-state index in [2.05, 4.69) is 5.32 Å². The van der Waals surface area contributed by atoms with Gasteiger partial charge in [-0.15, -0.1) is 0 Å². The third kappa shape index (κ3) is 2.90. The van der Waals surface area contributed by atoms with Crippen LogP contribution in [-0.4, -0.2) is 5.91 Å². The van der Waals surface area contributed by atoms with Crippen molar-refractivity contribution < 1.29 is 13.6 Å². The lowest BCUT2D eigenvalue weighted by molar-refractivity contribution is 0.102. The van der Waals surface area contributed by atoms with Crippen LogP contribution >= 0.6 is 11.6 Å². The van der Waals surface area contributed by atoms with E-state index in [1.54, 1.807) is 19.1 Å². The number of carbonyl (C=O) groups excluding carboxylic acids is 1. The van der Waals surface area contributed by atoms with Crippen molar-refractivity contribution in [3.05, 3.63) is 64.2 Å². The van der Waals surface area contributed by atoms with Crippen LogP contribution in [0.2, 0.25) is 5.02 Å². The van der Waals surface area contributed by atoms with Crippen LogP contribution in [0.25, 0.3) is 0 Å². The van der Waals surface area contributed by atoms with Gasteiger partial charge in [0.05, 0.1) is 16.3 Å². The number of rotatable bonds is 2. The van der Waals surface area contributed by atoms with E-state index in [0.717, 1.165) is 6.07 Å². The van der Waals surface area contributed by atoms with Gasteiger partial charge in [-0.2, -0.15) is 0 Å². The van der Waals surface area contributed by atoms with E-state index in [9.17, 15) is 13.6 Å². The molecule has 2 aromatic carbocycles. The molecular weight excluding hydrogens is 272 g/mol. The van der Waals surface area contributed by atoms with Gasteiger partial charge in [-0.25, -0.2) is 8.78 Å². The summed E-state index contributed by atoms with van der Waals surface area (Å²) in [6.45, 7) is 1.56. The molecule has 0 fully saturated rings. The molecular formula is C14H10ClF2NO. The van der Waals surface area contributed by atoms with Crippen molar-refractivity contribution in [1.29, 1.82) is 0 Å². The maximum atomic E-state index is 13.8. The molecule has 0 atom stereocenters. The van der Waals surface area contributed by atoms with Crippen molar-refractivity contribution in [1.82, 2.24) is 0 Å². The number of carbonyl (C=O) groups is 1. The highest BCUT2D eigenvalue weighted by Gasteiger charge is 2.14. The minimum Gasteiger partial charge on any atom is -0.320 e. The van der Waals surface area contributed by atoms with Gasteiger partial charge in [-0.1, -0.05) is 23.7 Å². The van der Waals surface area contributed by atoms with E-state index in [1.807, 2.05) is 0 Å². The molecule has 2 nitrogen and oxygen atoms in total. The molecule has 0 aliphatic heterocycles. The van der Waals surface area contributed by atoms with Crippen LogP contribution in [0.5, 0.6) is 0 Å². The molecule has 5 heteroatoms. The van der Waals surface area contributed by atoms with Gasteiger partial charge in [0.2, 0.25) is 0 Å². The van der Waals surface area contributed by atoms with Crippen LogP contribution in [0.15, 0.2) is 36.4 Å². The Morgan fingerprint density at radius 3 is 2.68 bits per heavy atom. The highest BCUT2D eigenvalue weighted by Crippen LogP contribution is 2.23. The maximum Gasteiger partial charge on any atom is 0.258 e. The largest absolute Gasteiger partial charge is 0.320 e. The maximum absolute atomic E-state index is 13.8. The average molecular weight is 282 g/mol. The highest BCUT2D eigenvalue weighted by atomic mass is 35.5. The molecule has 0 heterocycles. The fourth-order valence-corrected chi connectivity index (χ4v) is 1.77. The van der Waals surface area contributed by atoms with Crippen molar-refractivity contribution in [2.24, 2.45) is 0 Å². The second kappa shape index (κ2) is 5.36. The van der Waals surface area contributed by atoms with Gasteiger partial charge in [0, 0.05) is 0 Å². The van der Waals surface area contributed by atoms with Crippen LogP contribution in [0, 0.1) is 18.6 Å². The molecule has 1 amide bonds. The third-order valence-electron chi connectivity index (χ3n) is 2.61. The zero-order valence-electron chi connectivity index (χ0n) is 10.0. The van der Waals surface area contributed by atoms with Crippen molar-refractivity contribution in [2.75, 3.05) is 5.32 Å². The van der Waals surface area contributed by atoms with Gasteiger partial charge in [-0.3, -0.25) is 4.79 Å². The fraction of sp³-hybridized carbons (Fsp3) is 0.0714. The molecule has 0 saturated heterocycles. The molecule has 2 aromatic rings. The van der Waals surface area contributed by atoms with Crippen molar-refractivity contribution in [2.45, 2.75) is 6.92 Å². The molecule has 0 aromatic heterocycles. The Morgan fingerprint density at radius 2 is 1.95 bits per heavy atom. The Kier molecular flexibility index (Phi) is 3.81. The second-order valence-electron chi connectivity index (χ2n) is 4.01. The minimum atomic E-state index is -0.672. The van der Waals surface area contributed by atoms with Gasteiger partial charge in [-0.05, 0) is 36.8 Å². The van der Waals surface area contributed by atoms with Gasteiger partial charge in [0.15, 0.2) is 0 Å². The highest BCUT2D eigenvalue weighted by molar-refractivity contribution is 6.33. The summed E-state index contributed by atoms with van der Waals surface area (Å²) in [4.78, 5) is 11.9. The first kappa shape index (κ1) is 13.5. The quantitative estimate of drug-likeness (QED) is 0.879. The normalized spacial score (nSPS) is 10.3. The molecule has 98 valence electrons. The number of amides is 1. The van der Waals surface area contributed by atoms with Crippen LogP contribution in [0.3, 0.4) is 0 Å². The summed E-state index contributed by atoms with van der Waals surface area (Å²) in [5.41, 5.74) is 0.353. The first-order valence-electron chi connectivity index (χ1n) is 5.50. The fourth-order valence-electron chi connectivity index (χ4n) is 1.61. The number of hydrogen-bond acceptors (Lipinski definition) is 1. The second-order valence-corrected chi connectivity index (χ2v) is 4.42. The molecule has 0 spiro atoms. The van der Waals surface area contributed by atoms with E-state index in [4.69, 9.17) is 11.6 Å². The van der Waals surface area contributed by atoms with Gasteiger partial charge in [0.25, 0.3) is 5.91 Å². The van der Waals surface area contributed by atoms with E-state index in [0.29, 0.717) is 5.56 Å². The van der Waals surface area contributed by atoms with E-state index in [1.165, 1.54) is 18.2 Å². The Hall–Kier alpha value is -1.94. The summed E-state index contributed by atoms with van der Waals surface area (Å²) < 4.78 is 26.8. The molecule has 0 radical (unpaired) electrons. The molecule has 2 rings (SSSR count). The van der Waals surface area contributed by atoms with E-state index < -0.39 is 17.5 Å². The minimum absolute atomic E-state index is 0.104. The van der Waals surface area contributed by atoms with Crippen molar-refractivity contribution in [3.63, 3.8) is 0 Å². The number of hydrogen-bond donors (Lipinski definition) is 1. The lowest BCUT2D eigenvalue weighted by atomic mass is 10.1. The predicted octanol–water partition coefficient (Wildman–Crippen LogP) is 4.18. The van der Waals surface area contributed by atoms with E-state index >= 15 is 0 Å².